The maximum atomic E-state index is 10.5. The van der Waals surface area contributed by atoms with Crippen LogP contribution in [-0.4, -0.2) is 62.3 Å². The Labute approximate surface area is 183 Å². The monoisotopic (exact) mass is 430 g/mol. The minimum atomic E-state index is -1.92. The van der Waals surface area contributed by atoms with Crippen molar-refractivity contribution in [2.45, 2.75) is 133 Å². The molecule has 0 aromatic rings. The lowest BCUT2D eigenvalue weighted by molar-refractivity contribution is -0.351. The predicted octanol–water partition coefficient (Wildman–Crippen LogP) is 3.58. The van der Waals surface area contributed by atoms with Gasteiger partial charge in [-0.15, -0.1) is 0 Å². The van der Waals surface area contributed by atoms with Gasteiger partial charge in [0.05, 0.1) is 6.61 Å². The van der Waals surface area contributed by atoms with E-state index in [-0.39, 0.29) is 6.42 Å². The van der Waals surface area contributed by atoms with Crippen LogP contribution in [0.5, 0.6) is 0 Å². The summed E-state index contributed by atoms with van der Waals surface area (Å²) in [5.41, 5.74) is 0. The quantitative estimate of drug-likeness (QED) is 0.178. The number of ether oxygens (including phenoxy) is 1. The number of aliphatic hydroxyl groups excluding tert-OH is 4. The molecule has 6 heteroatoms. The fourth-order valence-corrected chi connectivity index (χ4v) is 4.05. The largest absolute Gasteiger partial charge is 0.394 e. The summed E-state index contributed by atoms with van der Waals surface area (Å²) in [6, 6.07) is 0. The number of hydrogen-bond donors (Lipinski definition) is 5. The van der Waals surface area contributed by atoms with Crippen LogP contribution in [-0.2, 0) is 4.74 Å². The molecule has 1 aliphatic heterocycles. The van der Waals surface area contributed by atoms with Gasteiger partial charge in [0.15, 0.2) is 5.79 Å². The van der Waals surface area contributed by atoms with E-state index in [0.29, 0.717) is 6.42 Å². The highest BCUT2D eigenvalue weighted by Crippen LogP contribution is 2.32. The van der Waals surface area contributed by atoms with Crippen molar-refractivity contribution >= 4 is 0 Å². The summed E-state index contributed by atoms with van der Waals surface area (Å²) in [5.74, 6) is -1.92. The van der Waals surface area contributed by atoms with Gasteiger partial charge in [0.25, 0.3) is 0 Å². The Kier molecular flexibility index (Phi) is 14.8. The Morgan fingerprint density at radius 2 is 1.23 bits per heavy atom. The lowest BCUT2D eigenvalue weighted by atomic mass is 9.89. The van der Waals surface area contributed by atoms with Crippen molar-refractivity contribution in [3.05, 3.63) is 12.2 Å². The summed E-state index contributed by atoms with van der Waals surface area (Å²) < 4.78 is 5.28. The Morgan fingerprint density at radius 3 is 1.77 bits per heavy atom. The molecule has 0 bridgehead atoms. The fraction of sp³-hybridized carbons (Fsp3) is 0.917. The average molecular weight is 431 g/mol. The third-order valence-corrected chi connectivity index (χ3v) is 6.10. The van der Waals surface area contributed by atoms with E-state index < -0.39 is 36.8 Å². The van der Waals surface area contributed by atoms with E-state index in [9.17, 15) is 25.5 Å². The highest BCUT2D eigenvalue weighted by atomic mass is 16.7. The summed E-state index contributed by atoms with van der Waals surface area (Å²) in [6.07, 6.45) is 15.7. The molecule has 0 amide bonds. The molecule has 1 saturated heterocycles. The zero-order chi connectivity index (χ0) is 22.2. The molecule has 178 valence electrons. The van der Waals surface area contributed by atoms with Crippen molar-refractivity contribution < 1.29 is 30.3 Å². The molecule has 1 unspecified atom stereocenters. The molecule has 0 saturated carbocycles. The maximum absolute atomic E-state index is 10.5. The first-order valence-corrected chi connectivity index (χ1v) is 12.2. The van der Waals surface area contributed by atoms with Gasteiger partial charge < -0.3 is 30.3 Å². The van der Waals surface area contributed by atoms with Gasteiger partial charge in [0.2, 0.25) is 0 Å². The molecular weight excluding hydrogens is 384 g/mol. The lowest BCUT2D eigenvalue weighted by Crippen LogP contribution is -2.65. The number of aliphatic hydroxyl groups is 5. The molecule has 30 heavy (non-hydrogen) atoms. The third-order valence-electron chi connectivity index (χ3n) is 6.10. The zero-order valence-corrected chi connectivity index (χ0v) is 18.9. The first-order valence-electron chi connectivity index (χ1n) is 12.2. The normalized spacial score (nSPS) is 29.7. The standard InChI is InChI=1S/C24H46O6/c1-2-3-4-5-6-7-8-9-10-11-12-13-14-15-16-17-18-24(29)23(28)22(27)21(26)20(19-25)30-24/h9-10,20-23,25-29H,2-8,11-19H2,1H3/t20-,21-,22+,23-,24?/m1/s1. The van der Waals surface area contributed by atoms with Crippen LogP contribution < -0.4 is 0 Å². The van der Waals surface area contributed by atoms with Crippen LogP contribution in [0, 0.1) is 0 Å². The summed E-state index contributed by atoms with van der Waals surface area (Å²) in [7, 11) is 0. The van der Waals surface area contributed by atoms with E-state index in [1.165, 1.54) is 57.8 Å². The second kappa shape index (κ2) is 16.2. The number of hydrogen-bond acceptors (Lipinski definition) is 6. The van der Waals surface area contributed by atoms with E-state index in [0.717, 1.165) is 25.7 Å². The summed E-state index contributed by atoms with van der Waals surface area (Å²) in [5, 5.41) is 49.3. The van der Waals surface area contributed by atoms with Crippen LogP contribution in [0.4, 0.5) is 0 Å². The van der Waals surface area contributed by atoms with Crippen LogP contribution >= 0.6 is 0 Å². The zero-order valence-electron chi connectivity index (χ0n) is 18.9. The first-order chi connectivity index (χ1) is 14.5. The molecule has 1 fully saturated rings. The Hall–Kier alpha value is -0.500. The molecule has 5 atom stereocenters. The summed E-state index contributed by atoms with van der Waals surface area (Å²) in [6.45, 7) is 1.72. The SMILES string of the molecule is CCCCCCCCC=CCCCCCCCCC1(O)O[C@H](CO)[C@@H](O)[C@H](O)[C@H]1O. The molecule has 0 aromatic carbocycles. The highest BCUT2D eigenvalue weighted by Gasteiger charge is 2.51. The average Bonchev–Trinajstić information content (AvgIpc) is 2.74. The van der Waals surface area contributed by atoms with Gasteiger partial charge >= 0.3 is 0 Å². The van der Waals surface area contributed by atoms with E-state index >= 15 is 0 Å². The Balaban J connectivity index is 2.01. The van der Waals surface area contributed by atoms with Crippen LogP contribution in [0.25, 0.3) is 0 Å². The molecule has 1 rings (SSSR count). The second-order valence-corrected chi connectivity index (χ2v) is 8.80. The summed E-state index contributed by atoms with van der Waals surface area (Å²) in [4.78, 5) is 0. The number of unbranched alkanes of at least 4 members (excludes halogenated alkanes) is 12. The Bertz CT molecular complexity index is 441. The van der Waals surface area contributed by atoms with Crippen LogP contribution in [0.2, 0.25) is 0 Å². The van der Waals surface area contributed by atoms with Crippen molar-refractivity contribution in [2.24, 2.45) is 0 Å². The van der Waals surface area contributed by atoms with Gasteiger partial charge in [-0.2, -0.15) is 0 Å². The first kappa shape index (κ1) is 27.5. The van der Waals surface area contributed by atoms with Gasteiger partial charge in [-0.1, -0.05) is 76.9 Å². The fourth-order valence-electron chi connectivity index (χ4n) is 4.05. The van der Waals surface area contributed by atoms with Crippen molar-refractivity contribution in [3.8, 4) is 0 Å². The number of allylic oxidation sites excluding steroid dienone is 2. The van der Waals surface area contributed by atoms with E-state index in [1.54, 1.807) is 0 Å². The molecule has 1 heterocycles. The van der Waals surface area contributed by atoms with Gasteiger partial charge in [-0.3, -0.25) is 0 Å². The molecule has 0 spiro atoms. The molecule has 0 aromatic heterocycles. The van der Waals surface area contributed by atoms with E-state index in [1.807, 2.05) is 0 Å². The minimum absolute atomic E-state index is 0.162. The Morgan fingerprint density at radius 1 is 0.733 bits per heavy atom. The smallest absolute Gasteiger partial charge is 0.195 e. The van der Waals surface area contributed by atoms with E-state index in [4.69, 9.17) is 4.74 Å². The van der Waals surface area contributed by atoms with Crippen LogP contribution in [0.15, 0.2) is 12.2 Å². The third kappa shape index (κ3) is 10.2. The van der Waals surface area contributed by atoms with Crippen molar-refractivity contribution in [1.29, 1.82) is 0 Å². The molecular formula is C24H46O6. The van der Waals surface area contributed by atoms with Gasteiger partial charge in [0, 0.05) is 6.42 Å². The highest BCUT2D eigenvalue weighted by molar-refractivity contribution is 4.95. The predicted molar refractivity (Wildman–Crippen MR) is 119 cm³/mol. The van der Waals surface area contributed by atoms with Crippen molar-refractivity contribution in [2.75, 3.05) is 6.61 Å². The van der Waals surface area contributed by atoms with Crippen LogP contribution in [0.3, 0.4) is 0 Å². The molecule has 6 nitrogen and oxygen atoms in total. The second-order valence-electron chi connectivity index (χ2n) is 8.80. The van der Waals surface area contributed by atoms with Crippen molar-refractivity contribution in [3.63, 3.8) is 0 Å². The van der Waals surface area contributed by atoms with Gasteiger partial charge in [-0.25, -0.2) is 0 Å². The maximum Gasteiger partial charge on any atom is 0.195 e. The minimum Gasteiger partial charge on any atom is -0.394 e. The van der Waals surface area contributed by atoms with Crippen LogP contribution in [0.1, 0.15) is 103 Å². The molecule has 0 aliphatic carbocycles. The van der Waals surface area contributed by atoms with Gasteiger partial charge in [0.1, 0.15) is 24.4 Å². The van der Waals surface area contributed by atoms with Crippen molar-refractivity contribution in [1.82, 2.24) is 0 Å². The lowest BCUT2D eigenvalue weighted by Gasteiger charge is -2.45. The number of rotatable bonds is 17. The molecule has 1 aliphatic rings. The topological polar surface area (TPSA) is 110 Å². The molecule has 0 radical (unpaired) electrons. The van der Waals surface area contributed by atoms with E-state index in [2.05, 4.69) is 19.1 Å². The molecule has 5 N–H and O–H groups in total. The summed E-state index contributed by atoms with van der Waals surface area (Å²) >= 11 is 0. The van der Waals surface area contributed by atoms with Gasteiger partial charge in [-0.05, 0) is 32.1 Å².